The molecule has 1 aliphatic heterocycles. The first-order valence-corrected chi connectivity index (χ1v) is 8.25. The van der Waals surface area contributed by atoms with Gasteiger partial charge < -0.3 is 25.0 Å². The Morgan fingerprint density at radius 3 is 2.88 bits per heavy atom. The van der Waals surface area contributed by atoms with E-state index in [9.17, 15) is 9.59 Å². The number of nitrogens with one attached hydrogen (secondary N) is 2. The Morgan fingerprint density at radius 2 is 2.12 bits per heavy atom. The number of ether oxygens (including phenoxy) is 2. The van der Waals surface area contributed by atoms with Crippen LogP contribution in [0.15, 0.2) is 24.3 Å². The average Bonchev–Trinajstić information content (AvgIpc) is 3.43. The van der Waals surface area contributed by atoms with Gasteiger partial charge in [-0.1, -0.05) is 6.07 Å². The molecule has 0 spiro atoms. The lowest BCUT2D eigenvalue weighted by Crippen LogP contribution is -2.60. The molecule has 1 saturated carbocycles. The van der Waals surface area contributed by atoms with Gasteiger partial charge in [-0.15, -0.1) is 0 Å². The van der Waals surface area contributed by atoms with Gasteiger partial charge in [0.05, 0.1) is 7.11 Å². The second kappa shape index (κ2) is 7.53. The molecular formula is C17H23N3O4. The van der Waals surface area contributed by atoms with Gasteiger partial charge in [-0.2, -0.15) is 0 Å². The molecule has 1 unspecified atom stereocenters. The van der Waals surface area contributed by atoms with Crippen molar-refractivity contribution < 1.29 is 19.1 Å². The van der Waals surface area contributed by atoms with E-state index < -0.39 is 6.04 Å². The summed E-state index contributed by atoms with van der Waals surface area (Å²) >= 11 is 0. The number of nitrogens with zero attached hydrogens (tertiary/aromatic N) is 1. The van der Waals surface area contributed by atoms with Crippen molar-refractivity contribution in [3.8, 4) is 11.5 Å². The molecule has 7 heteroatoms. The van der Waals surface area contributed by atoms with E-state index in [1.807, 2.05) is 6.07 Å². The molecule has 1 aliphatic carbocycles. The van der Waals surface area contributed by atoms with Crippen LogP contribution in [0.5, 0.6) is 11.5 Å². The van der Waals surface area contributed by atoms with E-state index in [1.54, 1.807) is 30.2 Å². The third kappa shape index (κ3) is 4.17. The molecule has 1 atom stereocenters. The summed E-state index contributed by atoms with van der Waals surface area (Å²) in [5.41, 5.74) is 0. The largest absolute Gasteiger partial charge is 0.497 e. The minimum Gasteiger partial charge on any atom is -0.497 e. The zero-order valence-corrected chi connectivity index (χ0v) is 13.8. The Balaban J connectivity index is 1.57. The summed E-state index contributed by atoms with van der Waals surface area (Å²) in [5, 5.41) is 6.14. The molecule has 2 amide bonds. The molecule has 130 valence electrons. The van der Waals surface area contributed by atoms with Crippen LogP contribution >= 0.6 is 0 Å². The third-order valence-electron chi connectivity index (χ3n) is 4.19. The highest BCUT2D eigenvalue weighted by atomic mass is 16.5. The van der Waals surface area contributed by atoms with Crippen LogP contribution in [0.4, 0.5) is 0 Å². The van der Waals surface area contributed by atoms with Crippen molar-refractivity contribution in [2.24, 2.45) is 0 Å². The maximum absolute atomic E-state index is 12.5. The van der Waals surface area contributed by atoms with E-state index >= 15 is 0 Å². The molecule has 2 fully saturated rings. The van der Waals surface area contributed by atoms with E-state index in [0.717, 1.165) is 12.8 Å². The molecule has 7 nitrogen and oxygen atoms in total. The minimum absolute atomic E-state index is 0.0839. The van der Waals surface area contributed by atoms with Gasteiger partial charge in [-0.3, -0.25) is 9.59 Å². The number of rotatable bonds is 6. The summed E-state index contributed by atoms with van der Waals surface area (Å²) in [6.07, 6.45) is 2.05. The van der Waals surface area contributed by atoms with Crippen molar-refractivity contribution in [1.29, 1.82) is 0 Å². The summed E-state index contributed by atoms with van der Waals surface area (Å²) in [6, 6.07) is 6.91. The lowest BCUT2D eigenvalue weighted by Gasteiger charge is -2.35. The van der Waals surface area contributed by atoms with Crippen LogP contribution in [0.2, 0.25) is 0 Å². The van der Waals surface area contributed by atoms with E-state index in [4.69, 9.17) is 9.47 Å². The van der Waals surface area contributed by atoms with Crippen LogP contribution in [-0.4, -0.2) is 62.1 Å². The van der Waals surface area contributed by atoms with Gasteiger partial charge in [-0.25, -0.2) is 0 Å². The summed E-state index contributed by atoms with van der Waals surface area (Å²) in [4.78, 5) is 26.4. The number of hydrogen-bond donors (Lipinski definition) is 2. The molecule has 0 bridgehead atoms. The predicted molar refractivity (Wildman–Crippen MR) is 88.0 cm³/mol. The first kappa shape index (κ1) is 16.6. The quantitative estimate of drug-likeness (QED) is 0.775. The van der Waals surface area contributed by atoms with Crippen LogP contribution in [-0.2, 0) is 9.59 Å². The van der Waals surface area contributed by atoms with Crippen LogP contribution in [0.25, 0.3) is 0 Å². The van der Waals surface area contributed by atoms with Gasteiger partial charge in [0.2, 0.25) is 5.91 Å². The van der Waals surface area contributed by atoms with Crippen molar-refractivity contribution in [3.05, 3.63) is 24.3 Å². The molecule has 1 heterocycles. The standard InChI is InChI=1S/C17H23N3O4/c1-23-13-3-2-4-14(9-13)24-11-16(21)20-8-7-18-10-15(20)17(22)19-12-5-6-12/h2-4,9,12,15,18H,5-8,10-11H2,1H3,(H,19,22). The summed E-state index contributed by atoms with van der Waals surface area (Å²) in [6.45, 7) is 1.56. The molecule has 24 heavy (non-hydrogen) atoms. The smallest absolute Gasteiger partial charge is 0.261 e. The first-order chi connectivity index (χ1) is 11.7. The maximum Gasteiger partial charge on any atom is 0.261 e. The van der Waals surface area contributed by atoms with E-state index in [0.29, 0.717) is 31.1 Å². The molecule has 2 N–H and O–H groups in total. The molecule has 1 aromatic rings. The molecule has 3 rings (SSSR count). The second-order valence-electron chi connectivity index (χ2n) is 6.06. The zero-order chi connectivity index (χ0) is 16.9. The lowest BCUT2D eigenvalue weighted by molar-refractivity contribution is -0.143. The number of methoxy groups -OCH3 is 1. The number of carbonyl (C=O) groups is 2. The van der Waals surface area contributed by atoms with Gasteiger partial charge >= 0.3 is 0 Å². The highest BCUT2D eigenvalue weighted by Crippen LogP contribution is 2.20. The topological polar surface area (TPSA) is 79.9 Å². The van der Waals surface area contributed by atoms with E-state index in [2.05, 4.69) is 10.6 Å². The zero-order valence-electron chi connectivity index (χ0n) is 13.8. The Bertz CT molecular complexity index is 603. The number of amides is 2. The normalized spacial score (nSPS) is 20.4. The fourth-order valence-electron chi connectivity index (χ4n) is 2.68. The monoisotopic (exact) mass is 333 g/mol. The Labute approximate surface area is 141 Å². The van der Waals surface area contributed by atoms with Gasteiger partial charge in [0.25, 0.3) is 5.91 Å². The maximum atomic E-state index is 12.5. The number of carbonyl (C=O) groups excluding carboxylic acids is 2. The Kier molecular flexibility index (Phi) is 5.20. The van der Waals surface area contributed by atoms with E-state index in [1.165, 1.54) is 0 Å². The average molecular weight is 333 g/mol. The summed E-state index contributed by atoms with van der Waals surface area (Å²) in [5.74, 6) is 0.968. The van der Waals surface area contributed by atoms with Crippen LogP contribution in [0, 0.1) is 0 Å². The number of piperazine rings is 1. The highest BCUT2D eigenvalue weighted by Gasteiger charge is 2.34. The van der Waals surface area contributed by atoms with Crippen molar-refractivity contribution in [1.82, 2.24) is 15.5 Å². The van der Waals surface area contributed by atoms with Crippen molar-refractivity contribution in [3.63, 3.8) is 0 Å². The van der Waals surface area contributed by atoms with Gasteiger partial charge in [-0.05, 0) is 25.0 Å². The molecule has 0 radical (unpaired) electrons. The Hall–Kier alpha value is -2.28. The number of benzene rings is 1. The Morgan fingerprint density at radius 1 is 1.33 bits per heavy atom. The SMILES string of the molecule is COc1cccc(OCC(=O)N2CCNCC2C(=O)NC2CC2)c1. The molecule has 0 aromatic heterocycles. The fraction of sp³-hybridized carbons (Fsp3) is 0.529. The van der Waals surface area contributed by atoms with Gasteiger partial charge in [0, 0.05) is 31.7 Å². The van der Waals surface area contributed by atoms with Crippen molar-refractivity contribution in [2.75, 3.05) is 33.4 Å². The van der Waals surface area contributed by atoms with Crippen molar-refractivity contribution >= 4 is 11.8 Å². The van der Waals surface area contributed by atoms with Crippen LogP contribution < -0.4 is 20.1 Å². The summed E-state index contributed by atoms with van der Waals surface area (Å²) in [7, 11) is 1.58. The third-order valence-corrected chi connectivity index (χ3v) is 4.19. The second-order valence-corrected chi connectivity index (χ2v) is 6.06. The van der Waals surface area contributed by atoms with Gasteiger partial charge in [0.15, 0.2) is 6.61 Å². The lowest BCUT2D eigenvalue weighted by atomic mass is 10.1. The van der Waals surface area contributed by atoms with E-state index in [-0.39, 0.29) is 24.5 Å². The van der Waals surface area contributed by atoms with Gasteiger partial charge in [0.1, 0.15) is 17.5 Å². The minimum atomic E-state index is -0.472. The predicted octanol–water partition coefficient (Wildman–Crippen LogP) is 0.153. The van der Waals surface area contributed by atoms with Crippen LogP contribution in [0.1, 0.15) is 12.8 Å². The fourth-order valence-corrected chi connectivity index (χ4v) is 2.68. The van der Waals surface area contributed by atoms with Crippen molar-refractivity contribution in [2.45, 2.75) is 24.9 Å². The molecule has 2 aliphatic rings. The number of hydrogen-bond acceptors (Lipinski definition) is 5. The first-order valence-electron chi connectivity index (χ1n) is 8.25. The summed E-state index contributed by atoms with van der Waals surface area (Å²) < 4.78 is 10.7. The van der Waals surface area contributed by atoms with Crippen LogP contribution in [0.3, 0.4) is 0 Å². The highest BCUT2D eigenvalue weighted by molar-refractivity contribution is 5.89. The molecular weight excluding hydrogens is 310 g/mol. The molecule has 1 saturated heterocycles. The molecule has 1 aromatic carbocycles.